The van der Waals surface area contributed by atoms with Gasteiger partial charge in [-0.05, 0) is 37.1 Å². The van der Waals surface area contributed by atoms with Gasteiger partial charge in [-0.3, -0.25) is 9.59 Å². The summed E-state index contributed by atoms with van der Waals surface area (Å²) in [6.45, 7) is 4.31. The number of aromatic nitrogens is 2. The first-order valence-electron chi connectivity index (χ1n) is 9.22. The number of hydrogen-bond donors (Lipinski definition) is 0. The Balaban J connectivity index is 1.97. The third-order valence-electron chi connectivity index (χ3n) is 4.12. The van der Waals surface area contributed by atoms with E-state index in [-0.39, 0.29) is 23.6 Å². The Morgan fingerprint density at radius 3 is 2.68 bits per heavy atom. The lowest BCUT2D eigenvalue weighted by molar-refractivity contribution is -0.135. The van der Waals surface area contributed by atoms with Crippen LogP contribution in [0, 0.1) is 5.82 Å². The Labute approximate surface area is 162 Å². The molecule has 150 valence electrons. The molecule has 2 aromatic rings. The van der Waals surface area contributed by atoms with Gasteiger partial charge in [0.25, 0.3) is 11.5 Å². The summed E-state index contributed by atoms with van der Waals surface area (Å²) in [6, 6.07) is 8.50. The number of hydrogen-bond acceptors (Lipinski definition) is 5. The van der Waals surface area contributed by atoms with Gasteiger partial charge in [-0.1, -0.05) is 25.5 Å². The Hall–Kier alpha value is -3.03. The van der Waals surface area contributed by atoms with E-state index >= 15 is 0 Å². The fourth-order valence-electron chi connectivity index (χ4n) is 2.55. The SMILES string of the molecule is CCCCn1nc(C(=O)OCC(=O)N(CC)Cc2cccc(F)c2)ccc1=O. The van der Waals surface area contributed by atoms with Crippen LogP contribution in [0.25, 0.3) is 0 Å². The van der Waals surface area contributed by atoms with Gasteiger partial charge >= 0.3 is 5.97 Å². The Morgan fingerprint density at radius 1 is 1.21 bits per heavy atom. The van der Waals surface area contributed by atoms with Crippen LogP contribution in [0.1, 0.15) is 42.7 Å². The molecule has 0 radical (unpaired) electrons. The van der Waals surface area contributed by atoms with Gasteiger partial charge in [-0.2, -0.15) is 5.10 Å². The van der Waals surface area contributed by atoms with E-state index in [1.165, 1.54) is 33.8 Å². The zero-order valence-corrected chi connectivity index (χ0v) is 16.1. The number of unbranched alkanes of at least 4 members (excludes halogenated alkanes) is 1. The number of ether oxygens (including phenoxy) is 1. The van der Waals surface area contributed by atoms with E-state index in [1.54, 1.807) is 19.1 Å². The Morgan fingerprint density at radius 2 is 2.00 bits per heavy atom. The summed E-state index contributed by atoms with van der Waals surface area (Å²) in [7, 11) is 0. The van der Waals surface area contributed by atoms with Crippen molar-refractivity contribution >= 4 is 11.9 Å². The van der Waals surface area contributed by atoms with Crippen LogP contribution < -0.4 is 5.56 Å². The van der Waals surface area contributed by atoms with Crippen LogP contribution in [0.2, 0.25) is 0 Å². The highest BCUT2D eigenvalue weighted by Crippen LogP contribution is 2.08. The summed E-state index contributed by atoms with van der Waals surface area (Å²) < 4.78 is 19.6. The van der Waals surface area contributed by atoms with Crippen molar-refractivity contribution in [1.29, 1.82) is 0 Å². The second-order valence-electron chi connectivity index (χ2n) is 6.25. The normalized spacial score (nSPS) is 10.5. The molecule has 8 heteroatoms. The van der Waals surface area contributed by atoms with Crippen molar-refractivity contribution in [1.82, 2.24) is 14.7 Å². The van der Waals surface area contributed by atoms with Crippen molar-refractivity contribution < 1.29 is 18.7 Å². The number of rotatable bonds is 9. The lowest BCUT2D eigenvalue weighted by Crippen LogP contribution is -2.34. The van der Waals surface area contributed by atoms with Crippen LogP contribution >= 0.6 is 0 Å². The van der Waals surface area contributed by atoms with Gasteiger partial charge in [0.1, 0.15) is 5.82 Å². The molecular weight excluding hydrogens is 365 g/mol. The molecule has 0 N–H and O–H groups in total. The van der Waals surface area contributed by atoms with Crippen molar-refractivity contribution in [2.24, 2.45) is 0 Å². The molecule has 28 heavy (non-hydrogen) atoms. The monoisotopic (exact) mass is 389 g/mol. The van der Waals surface area contributed by atoms with E-state index in [9.17, 15) is 18.8 Å². The number of aryl methyl sites for hydroxylation is 1. The molecule has 0 fully saturated rings. The summed E-state index contributed by atoms with van der Waals surface area (Å²) in [5.41, 5.74) is 0.316. The van der Waals surface area contributed by atoms with Crippen LogP contribution in [0.15, 0.2) is 41.2 Å². The topological polar surface area (TPSA) is 81.5 Å². The molecule has 1 heterocycles. The molecule has 0 saturated heterocycles. The number of benzene rings is 1. The van der Waals surface area contributed by atoms with E-state index in [0.717, 1.165) is 12.8 Å². The number of amides is 1. The van der Waals surface area contributed by atoms with Crippen LogP contribution in [0.3, 0.4) is 0 Å². The van der Waals surface area contributed by atoms with Crippen LogP contribution in [-0.4, -0.2) is 39.7 Å². The van der Waals surface area contributed by atoms with E-state index in [1.807, 2.05) is 6.92 Å². The summed E-state index contributed by atoms with van der Waals surface area (Å²) in [6.07, 6.45) is 1.64. The van der Waals surface area contributed by atoms with Crippen LogP contribution in [0.5, 0.6) is 0 Å². The Kier molecular flexibility index (Phi) is 7.86. The van der Waals surface area contributed by atoms with E-state index < -0.39 is 18.5 Å². The van der Waals surface area contributed by atoms with Crippen molar-refractivity contribution in [3.8, 4) is 0 Å². The maximum atomic E-state index is 13.3. The molecule has 0 aliphatic carbocycles. The lowest BCUT2D eigenvalue weighted by atomic mass is 10.2. The highest BCUT2D eigenvalue weighted by Gasteiger charge is 2.17. The first-order chi connectivity index (χ1) is 13.4. The van der Waals surface area contributed by atoms with Crippen molar-refractivity contribution in [3.05, 3.63) is 63.8 Å². The first-order valence-corrected chi connectivity index (χ1v) is 9.22. The van der Waals surface area contributed by atoms with Crippen LogP contribution in [0.4, 0.5) is 4.39 Å². The Bertz CT molecular complexity index is 882. The average Bonchev–Trinajstić information content (AvgIpc) is 2.69. The number of carbonyl (C=O) groups excluding carboxylic acids is 2. The van der Waals surface area contributed by atoms with Gasteiger partial charge in [0, 0.05) is 25.7 Å². The third-order valence-corrected chi connectivity index (χ3v) is 4.12. The highest BCUT2D eigenvalue weighted by molar-refractivity contribution is 5.89. The maximum Gasteiger partial charge on any atom is 0.359 e. The molecule has 0 spiro atoms. The van der Waals surface area contributed by atoms with Crippen molar-refractivity contribution in [2.75, 3.05) is 13.2 Å². The number of carbonyl (C=O) groups is 2. The van der Waals surface area contributed by atoms with Gasteiger partial charge in [-0.25, -0.2) is 13.9 Å². The van der Waals surface area contributed by atoms with Crippen molar-refractivity contribution in [2.45, 2.75) is 39.8 Å². The third kappa shape index (κ3) is 6.00. The van der Waals surface area contributed by atoms with Crippen molar-refractivity contribution in [3.63, 3.8) is 0 Å². The van der Waals surface area contributed by atoms with E-state index in [4.69, 9.17) is 4.74 Å². The fourth-order valence-corrected chi connectivity index (χ4v) is 2.55. The molecule has 0 saturated carbocycles. The van der Waals surface area contributed by atoms with Gasteiger partial charge < -0.3 is 9.64 Å². The summed E-state index contributed by atoms with van der Waals surface area (Å²) >= 11 is 0. The zero-order valence-electron chi connectivity index (χ0n) is 16.1. The minimum absolute atomic E-state index is 0.0309. The van der Waals surface area contributed by atoms with Gasteiger partial charge in [0.2, 0.25) is 0 Å². The molecule has 0 unspecified atom stereocenters. The van der Waals surface area contributed by atoms with E-state index in [0.29, 0.717) is 18.7 Å². The number of nitrogens with zero attached hydrogens (tertiary/aromatic N) is 3. The minimum atomic E-state index is -0.777. The van der Waals surface area contributed by atoms with Gasteiger partial charge in [0.05, 0.1) is 0 Å². The van der Waals surface area contributed by atoms with Gasteiger partial charge in [0.15, 0.2) is 12.3 Å². The van der Waals surface area contributed by atoms with E-state index in [2.05, 4.69) is 5.10 Å². The molecule has 1 aromatic carbocycles. The summed E-state index contributed by atoms with van der Waals surface area (Å²) in [5, 5.41) is 3.99. The average molecular weight is 389 g/mol. The predicted molar refractivity (Wildman–Crippen MR) is 101 cm³/mol. The molecule has 0 atom stereocenters. The van der Waals surface area contributed by atoms with Gasteiger partial charge in [-0.15, -0.1) is 0 Å². The second-order valence-corrected chi connectivity index (χ2v) is 6.25. The lowest BCUT2D eigenvalue weighted by Gasteiger charge is -2.20. The summed E-state index contributed by atoms with van der Waals surface area (Å²) in [5.74, 6) is -1.56. The number of esters is 1. The minimum Gasteiger partial charge on any atom is -0.451 e. The molecule has 0 bridgehead atoms. The predicted octanol–water partition coefficient (Wildman–Crippen LogP) is 2.39. The maximum absolute atomic E-state index is 13.3. The summed E-state index contributed by atoms with van der Waals surface area (Å²) in [4.78, 5) is 37.7. The highest BCUT2D eigenvalue weighted by atomic mass is 19.1. The molecule has 7 nitrogen and oxygen atoms in total. The quantitative estimate of drug-likeness (QED) is 0.615. The number of likely N-dealkylation sites (N-methyl/N-ethyl adjacent to an activating group) is 1. The fraction of sp³-hybridized carbons (Fsp3) is 0.400. The van der Waals surface area contributed by atoms with Crippen LogP contribution in [-0.2, 0) is 22.6 Å². The molecule has 1 amide bonds. The smallest absolute Gasteiger partial charge is 0.359 e. The standard InChI is InChI=1S/C20H24FN3O4/c1-3-5-11-24-18(25)10-9-17(22-24)20(27)28-14-19(26)23(4-2)13-15-7-6-8-16(21)12-15/h6-10,12H,3-5,11,13-14H2,1-2H3. The second kappa shape index (κ2) is 10.3. The molecular formula is C20H24FN3O4. The first kappa shape index (κ1) is 21.3. The molecule has 1 aromatic heterocycles. The molecule has 2 rings (SSSR count). The number of halogens is 1. The largest absolute Gasteiger partial charge is 0.451 e. The molecule has 0 aliphatic rings. The molecule has 0 aliphatic heterocycles. The zero-order chi connectivity index (χ0) is 20.5.